The number of hydrogen-bond donors (Lipinski definition) is 0. The Hall–Kier alpha value is -7.63. The van der Waals surface area contributed by atoms with Crippen LogP contribution in [0.15, 0.2) is 188 Å². The molecule has 0 spiro atoms. The molecular formula is C51H31N5. The molecule has 6 aromatic carbocycles. The van der Waals surface area contributed by atoms with Gasteiger partial charge < -0.3 is 0 Å². The van der Waals surface area contributed by atoms with Gasteiger partial charge in [0.25, 0.3) is 0 Å². The van der Waals surface area contributed by atoms with Gasteiger partial charge in [0.15, 0.2) is 0 Å². The van der Waals surface area contributed by atoms with Gasteiger partial charge in [-0.25, -0.2) is 19.9 Å². The third kappa shape index (κ3) is 5.53. The van der Waals surface area contributed by atoms with Crippen molar-refractivity contribution < 1.29 is 0 Å². The lowest BCUT2D eigenvalue weighted by atomic mass is 9.93. The highest BCUT2D eigenvalue weighted by Gasteiger charge is 2.14. The largest absolute Gasteiger partial charge is 0.255 e. The Morgan fingerprint density at radius 2 is 0.804 bits per heavy atom. The van der Waals surface area contributed by atoms with Gasteiger partial charge in [-0.1, -0.05) is 133 Å². The van der Waals surface area contributed by atoms with Crippen molar-refractivity contribution in [2.45, 2.75) is 0 Å². The number of hydrogen-bond acceptors (Lipinski definition) is 5. The lowest BCUT2D eigenvalue weighted by Gasteiger charge is -2.13. The fraction of sp³-hybridized carbons (Fsp3) is 0. The van der Waals surface area contributed by atoms with E-state index in [2.05, 4.69) is 145 Å². The minimum atomic E-state index is 0.851. The van der Waals surface area contributed by atoms with E-state index in [0.29, 0.717) is 0 Å². The smallest absolute Gasteiger partial charge is 0.0972 e. The third-order valence-electron chi connectivity index (χ3n) is 10.7. The topological polar surface area (TPSA) is 64.5 Å². The van der Waals surface area contributed by atoms with Crippen LogP contribution in [-0.4, -0.2) is 24.9 Å². The molecule has 5 aromatic heterocycles. The summed E-state index contributed by atoms with van der Waals surface area (Å²) < 4.78 is 0. The zero-order valence-electron chi connectivity index (χ0n) is 30.1. The van der Waals surface area contributed by atoms with Crippen LogP contribution in [0.4, 0.5) is 0 Å². The second-order valence-electron chi connectivity index (χ2n) is 14.1. The van der Waals surface area contributed by atoms with Gasteiger partial charge in [0, 0.05) is 44.4 Å². The number of nitrogens with zero attached hydrogens (tertiary/aromatic N) is 5. The molecule has 0 radical (unpaired) electrons. The molecule has 0 fully saturated rings. The van der Waals surface area contributed by atoms with Crippen molar-refractivity contribution in [3.05, 3.63) is 188 Å². The number of fused-ring (bicyclic) bond motifs is 6. The molecule has 0 aliphatic rings. The van der Waals surface area contributed by atoms with E-state index in [1.54, 1.807) is 6.20 Å². The Kier molecular flexibility index (Phi) is 7.42. The summed E-state index contributed by atoms with van der Waals surface area (Å²) in [5.74, 6) is 0. The highest BCUT2D eigenvalue weighted by Crippen LogP contribution is 2.38. The molecule has 0 bridgehead atoms. The van der Waals surface area contributed by atoms with E-state index < -0.39 is 0 Å². The molecule has 260 valence electrons. The molecule has 0 amide bonds. The maximum absolute atomic E-state index is 5.30. The summed E-state index contributed by atoms with van der Waals surface area (Å²) in [6.45, 7) is 0. The van der Waals surface area contributed by atoms with E-state index in [-0.39, 0.29) is 0 Å². The number of benzene rings is 6. The minimum absolute atomic E-state index is 0.851. The molecule has 0 N–H and O–H groups in total. The van der Waals surface area contributed by atoms with Crippen LogP contribution in [0, 0.1) is 0 Å². The highest BCUT2D eigenvalue weighted by molar-refractivity contribution is 6.08. The van der Waals surface area contributed by atoms with Gasteiger partial charge >= 0.3 is 0 Å². The van der Waals surface area contributed by atoms with Crippen LogP contribution in [0.3, 0.4) is 0 Å². The molecule has 0 unspecified atom stereocenters. The van der Waals surface area contributed by atoms with Gasteiger partial charge in [-0.2, -0.15) is 0 Å². The van der Waals surface area contributed by atoms with Gasteiger partial charge in [0.1, 0.15) is 0 Å². The van der Waals surface area contributed by atoms with Gasteiger partial charge in [-0.3, -0.25) is 4.98 Å². The summed E-state index contributed by atoms with van der Waals surface area (Å²) in [4.78, 5) is 25.1. The van der Waals surface area contributed by atoms with Crippen molar-refractivity contribution in [3.8, 4) is 56.3 Å². The quantitative estimate of drug-likeness (QED) is 0.166. The summed E-state index contributed by atoms with van der Waals surface area (Å²) in [7, 11) is 0. The molecule has 0 saturated carbocycles. The van der Waals surface area contributed by atoms with Crippen LogP contribution in [0.25, 0.3) is 111 Å². The van der Waals surface area contributed by atoms with Crippen LogP contribution in [0.5, 0.6) is 0 Å². The maximum atomic E-state index is 5.30. The van der Waals surface area contributed by atoms with E-state index >= 15 is 0 Å². The van der Waals surface area contributed by atoms with Crippen molar-refractivity contribution in [1.29, 1.82) is 0 Å². The number of rotatable bonds is 5. The fourth-order valence-corrected chi connectivity index (χ4v) is 7.84. The fourth-order valence-electron chi connectivity index (χ4n) is 7.84. The van der Waals surface area contributed by atoms with Crippen molar-refractivity contribution in [1.82, 2.24) is 24.9 Å². The van der Waals surface area contributed by atoms with Crippen LogP contribution in [-0.2, 0) is 0 Å². The van der Waals surface area contributed by atoms with Crippen LogP contribution >= 0.6 is 0 Å². The minimum Gasteiger partial charge on any atom is -0.255 e. The van der Waals surface area contributed by atoms with Crippen molar-refractivity contribution in [2.24, 2.45) is 0 Å². The summed E-state index contributed by atoms with van der Waals surface area (Å²) in [6, 6.07) is 63.3. The second kappa shape index (κ2) is 13.0. The summed E-state index contributed by atoms with van der Waals surface area (Å²) >= 11 is 0. The van der Waals surface area contributed by atoms with Gasteiger partial charge in [-0.05, 0) is 70.4 Å². The van der Waals surface area contributed by atoms with E-state index in [1.807, 2.05) is 42.5 Å². The standard InChI is InChI=1S/C51H31N5/c1-2-8-32(9-3-1)43-26-21-35-15-16-36-22-27-45(56-51(36)50(35)55-43)42-24-23-39(40-10-4-5-11-41(40)42)37-17-13-33-19-25-44(53-48(33)30-37)38-18-14-34-20-28-47(54-49(34)31-38)46-12-6-7-29-52-46/h1-31H. The average Bonchev–Trinajstić information content (AvgIpc) is 3.28. The van der Waals surface area contributed by atoms with E-state index in [0.717, 1.165) is 111 Å². The summed E-state index contributed by atoms with van der Waals surface area (Å²) in [6.07, 6.45) is 1.80. The molecule has 0 saturated heterocycles. The molecule has 0 aliphatic heterocycles. The van der Waals surface area contributed by atoms with Crippen LogP contribution < -0.4 is 0 Å². The maximum Gasteiger partial charge on any atom is 0.0972 e. The Bertz CT molecular complexity index is 3310. The first kappa shape index (κ1) is 31.9. The van der Waals surface area contributed by atoms with E-state index in [1.165, 1.54) is 0 Å². The second-order valence-corrected chi connectivity index (χ2v) is 14.1. The average molecular weight is 714 g/mol. The number of aromatic nitrogens is 5. The molecule has 11 rings (SSSR count). The number of pyridine rings is 5. The summed E-state index contributed by atoms with van der Waals surface area (Å²) in [5, 5.41) is 6.61. The predicted octanol–water partition coefficient (Wildman–Crippen LogP) is 12.8. The van der Waals surface area contributed by atoms with Crippen molar-refractivity contribution in [3.63, 3.8) is 0 Å². The molecule has 0 atom stereocenters. The molecule has 11 aromatic rings. The molecular weight excluding hydrogens is 683 g/mol. The molecule has 5 heterocycles. The molecule has 5 heteroatoms. The molecule has 5 nitrogen and oxygen atoms in total. The first-order valence-corrected chi connectivity index (χ1v) is 18.7. The first-order valence-electron chi connectivity index (χ1n) is 18.7. The Morgan fingerprint density at radius 1 is 0.286 bits per heavy atom. The highest BCUT2D eigenvalue weighted by atomic mass is 14.8. The zero-order chi connectivity index (χ0) is 37.0. The predicted molar refractivity (Wildman–Crippen MR) is 230 cm³/mol. The lowest BCUT2D eigenvalue weighted by molar-refractivity contribution is 1.28. The Morgan fingerprint density at radius 3 is 1.54 bits per heavy atom. The third-order valence-corrected chi connectivity index (χ3v) is 10.7. The first-order chi connectivity index (χ1) is 27.7. The monoisotopic (exact) mass is 713 g/mol. The Balaban J connectivity index is 0.985. The van der Waals surface area contributed by atoms with Gasteiger partial charge in [0.2, 0.25) is 0 Å². The molecule has 56 heavy (non-hydrogen) atoms. The van der Waals surface area contributed by atoms with Gasteiger partial charge in [0.05, 0.1) is 50.5 Å². The van der Waals surface area contributed by atoms with Crippen LogP contribution in [0.1, 0.15) is 0 Å². The summed E-state index contributed by atoms with van der Waals surface area (Å²) in [5.41, 5.74) is 13.6. The van der Waals surface area contributed by atoms with Crippen molar-refractivity contribution in [2.75, 3.05) is 0 Å². The van der Waals surface area contributed by atoms with E-state index in [4.69, 9.17) is 19.9 Å². The Labute approximate surface area is 322 Å². The van der Waals surface area contributed by atoms with E-state index in [9.17, 15) is 0 Å². The van der Waals surface area contributed by atoms with Gasteiger partial charge in [-0.15, -0.1) is 0 Å². The van der Waals surface area contributed by atoms with Crippen molar-refractivity contribution >= 4 is 54.4 Å². The zero-order valence-corrected chi connectivity index (χ0v) is 30.1. The molecule has 0 aliphatic carbocycles. The van der Waals surface area contributed by atoms with Crippen LogP contribution in [0.2, 0.25) is 0 Å². The lowest BCUT2D eigenvalue weighted by Crippen LogP contribution is -1.92. The SMILES string of the molecule is c1ccc(-c2ccc3ccc4ccc(-c5ccc(-c6ccc7ccc(-c8ccc9ccc(-c%10ccccn%10)nc9c8)nc7c6)c6ccccc56)nc4c3n2)cc1. The normalized spacial score (nSPS) is 11.6.